The molecule has 15 heavy (non-hydrogen) atoms. The van der Waals surface area contributed by atoms with Gasteiger partial charge in [-0.25, -0.2) is 0 Å². The molecule has 1 atom stereocenters. The van der Waals surface area contributed by atoms with Crippen molar-refractivity contribution in [2.45, 2.75) is 12.5 Å². The number of hydrogen-bond donors (Lipinski definition) is 0. The van der Waals surface area contributed by atoms with Crippen LogP contribution in [0.4, 0.5) is 0 Å². The Morgan fingerprint density at radius 1 is 1.33 bits per heavy atom. The van der Waals surface area contributed by atoms with E-state index in [4.69, 9.17) is 43.2 Å². The third-order valence-corrected chi connectivity index (χ3v) is 6.27. The number of halogens is 3. The number of benzene rings is 1. The van der Waals surface area contributed by atoms with Gasteiger partial charge < -0.3 is 4.74 Å². The topological polar surface area (TPSA) is 33.0 Å². The molecule has 0 fully saturated rings. The number of para-hydroxylation sites is 1. The molecule has 0 bridgehead atoms. The second kappa shape index (κ2) is 5.09. The summed E-state index contributed by atoms with van der Waals surface area (Å²) in [6.45, 7) is 1.82. The van der Waals surface area contributed by atoms with Crippen LogP contribution in [0.25, 0.3) is 0 Å². The zero-order valence-corrected chi connectivity index (χ0v) is 11.1. The summed E-state index contributed by atoms with van der Waals surface area (Å²) in [5.74, 6) is 0.450. The minimum Gasteiger partial charge on any atom is -0.388 e. The number of rotatable bonds is 3. The van der Waals surface area contributed by atoms with Crippen molar-refractivity contribution in [1.29, 1.82) is 5.26 Å². The van der Waals surface area contributed by atoms with E-state index in [0.717, 1.165) is 5.56 Å². The van der Waals surface area contributed by atoms with Gasteiger partial charge in [0.2, 0.25) is 0 Å². The summed E-state index contributed by atoms with van der Waals surface area (Å²) >= 11 is 17.8. The van der Waals surface area contributed by atoms with Crippen LogP contribution < -0.4 is 4.74 Å². The second-order valence-electron chi connectivity index (χ2n) is 2.99. The molecule has 1 aromatic rings. The SMILES string of the molecule is CC(c1ccccc1OC#N)[Si](Cl)(Cl)Cl. The van der Waals surface area contributed by atoms with Crippen LogP contribution in [-0.4, -0.2) is 6.00 Å². The van der Waals surface area contributed by atoms with Gasteiger partial charge in [-0.05, 0) is 11.6 Å². The van der Waals surface area contributed by atoms with Gasteiger partial charge >= 0.3 is 6.00 Å². The first-order chi connectivity index (χ1) is 6.96. The molecule has 0 N–H and O–H groups in total. The molecule has 2 nitrogen and oxygen atoms in total. The number of hydrogen-bond acceptors (Lipinski definition) is 2. The number of nitrogens with zero attached hydrogens (tertiary/aromatic N) is 1. The van der Waals surface area contributed by atoms with Crippen molar-refractivity contribution in [2.75, 3.05) is 0 Å². The van der Waals surface area contributed by atoms with Gasteiger partial charge in [-0.15, -0.1) is 38.5 Å². The summed E-state index contributed by atoms with van der Waals surface area (Å²) in [4.78, 5) is 0. The van der Waals surface area contributed by atoms with E-state index in [1.54, 1.807) is 24.5 Å². The fraction of sp³-hybridized carbons (Fsp3) is 0.222. The van der Waals surface area contributed by atoms with Crippen molar-refractivity contribution in [1.82, 2.24) is 0 Å². The molecule has 1 aromatic carbocycles. The third kappa shape index (κ3) is 3.28. The van der Waals surface area contributed by atoms with Gasteiger partial charge in [0.25, 0.3) is 6.26 Å². The maximum absolute atomic E-state index is 8.47. The Hall–Kier alpha value is -0.403. The van der Waals surface area contributed by atoms with Gasteiger partial charge in [-0.1, -0.05) is 25.1 Å². The summed E-state index contributed by atoms with van der Waals surface area (Å²) in [7, 11) is 0. The van der Waals surface area contributed by atoms with E-state index in [9.17, 15) is 0 Å². The average Bonchev–Trinajstić information content (AvgIpc) is 2.17. The molecule has 0 amide bonds. The second-order valence-corrected chi connectivity index (χ2v) is 12.1. The summed E-state index contributed by atoms with van der Waals surface area (Å²) < 4.78 is 4.81. The van der Waals surface area contributed by atoms with Crippen LogP contribution in [0.5, 0.6) is 5.75 Å². The van der Waals surface area contributed by atoms with Crippen LogP contribution in [0.1, 0.15) is 18.0 Å². The first-order valence-electron chi connectivity index (χ1n) is 4.18. The van der Waals surface area contributed by atoms with Crippen molar-refractivity contribution in [3.63, 3.8) is 0 Å². The van der Waals surface area contributed by atoms with Crippen LogP contribution in [0.2, 0.25) is 0 Å². The summed E-state index contributed by atoms with van der Waals surface area (Å²) in [6, 6.07) is 4.23. The van der Waals surface area contributed by atoms with Crippen molar-refractivity contribution in [3.8, 4) is 12.0 Å². The molecule has 0 aliphatic rings. The summed E-state index contributed by atoms with van der Waals surface area (Å²) in [6.07, 6.45) is 1.62. The molecule has 0 aliphatic heterocycles. The molecular weight excluding hydrogens is 273 g/mol. The smallest absolute Gasteiger partial charge is 0.348 e. The van der Waals surface area contributed by atoms with Gasteiger partial charge in [0.05, 0.1) is 0 Å². The van der Waals surface area contributed by atoms with Crippen molar-refractivity contribution in [3.05, 3.63) is 29.8 Å². The van der Waals surface area contributed by atoms with E-state index in [2.05, 4.69) is 0 Å². The lowest BCUT2D eigenvalue weighted by atomic mass is 10.1. The predicted octanol–water partition coefficient (Wildman–Crippen LogP) is 3.84. The third-order valence-electron chi connectivity index (χ3n) is 2.03. The largest absolute Gasteiger partial charge is 0.388 e. The van der Waals surface area contributed by atoms with E-state index in [1.807, 2.05) is 13.0 Å². The van der Waals surface area contributed by atoms with Crippen LogP contribution in [-0.2, 0) is 0 Å². The Morgan fingerprint density at radius 2 is 1.93 bits per heavy atom. The molecule has 0 saturated carbocycles. The Labute approximate surface area is 103 Å². The highest BCUT2D eigenvalue weighted by atomic mass is 35.8. The maximum Gasteiger partial charge on any atom is 0.348 e. The molecule has 6 heteroatoms. The fourth-order valence-electron chi connectivity index (χ4n) is 1.16. The minimum absolute atomic E-state index is 0.216. The molecule has 0 aromatic heterocycles. The summed E-state index contributed by atoms with van der Waals surface area (Å²) in [5, 5.41) is 8.47. The molecule has 1 unspecified atom stereocenters. The molecule has 0 aliphatic carbocycles. The fourth-order valence-corrected chi connectivity index (χ4v) is 2.81. The maximum atomic E-state index is 8.47. The molecule has 80 valence electrons. The van der Waals surface area contributed by atoms with Gasteiger partial charge in [0, 0.05) is 5.54 Å². The van der Waals surface area contributed by atoms with Gasteiger partial charge in [-0.3, -0.25) is 0 Å². The van der Waals surface area contributed by atoms with Crippen LogP contribution in [0, 0.1) is 11.5 Å². The van der Waals surface area contributed by atoms with Crippen LogP contribution in [0.15, 0.2) is 24.3 Å². The van der Waals surface area contributed by atoms with Gasteiger partial charge in [-0.2, -0.15) is 0 Å². The Morgan fingerprint density at radius 3 is 2.47 bits per heavy atom. The van der Waals surface area contributed by atoms with E-state index in [0.29, 0.717) is 5.75 Å². The molecule has 0 saturated heterocycles. The lowest BCUT2D eigenvalue weighted by molar-refractivity contribution is 0.500. The predicted molar refractivity (Wildman–Crippen MR) is 64.4 cm³/mol. The lowest BCUT2D eigenvalue weighted by Gasteiger charge is -2.19. The molecule has 0 heterocycles. The van der Waals surface area contributed by atoms with Gasteiger partial charge in [0.1, 0.15) is 5.75 Å². The van der Waals surface area contributed by atoms with Gasteiger partial charge in [0.15, 0.2) is 0 Å². The van der Waals surface area contributed by atoms with E-state index in [-0.39, 0.29) is 5.54 Å². The normalized spacial score (nSPS) is 13.0. The monoisotopic (exact) mass is 279 g/mol. The molecular formula is C9H8Cl3NOSi. The summed E-state index contributed by atoms with van der Waals surface area (Å²) in [5.41, 5.74) is 0.540. The molecule has 1 rings (SSSR count). The highest BCUT2D eigenvalue weighted by molar-refractivity contribution is 7.65. The molecule has 0 radical (unpaired) electrons. The Kier molecular flexibility index (Phi) is 4.29. The van der Waals surface area contributed by atoms with E-state index in [1.165, 1.54) is 0 Å². The van der Waals surface area contributed by atoms with E-state index < -0.39 is 6.00 Å². The lowest BCUT2D eigenvalue weighted by Crippen LogP contribution is -2.20. The standard InChI is InChI=1S/C9H8Cl3NOSi/c1-7(15(10,11)12)8-4-2-3-5-9(8)14-6-13/h2-5,7H,1H3. The Bertz CT molecular complexity index is 386. The number of ether oxygens (including phenoxy) is 1. The van der Waals surface area contributed by atoms with Crippen LogP contribution in [0.3, 0.4) is 0 Å². The van der Waals surface area contributed by atoms with Crippen molar-refractivity contribution >= 4 is 39.2 Å². The van der Waals surface area contributed by atoms with Crippen molar-refractivity contribution < 1.29 is 4.74 Å². The van der Waals surface area contributed by atoms with E-state index >= 15 is 0 Å². The minimum atomic E-state index is -2.83. The molecule has 0 spiro atoms. The quantitative estimate of drug-likeness (QED) is 0.479. The van der Waals surface area contributed by atoms with Crippen LogP contribution >= 0.6 is 33.2 Å². The average molecular weight is 281 g/mol. The first-order valence-corrected chi connectivity index (χ1v) is 9.29. The Balaban J connectivity index is 3.09. The highest BCUT2D eigenvalue weighted by Gasteiger charge is 2.36. The zero-order chi connectivity index (χ0) is 11.5. The zero-order valence-electron chi connectivity index (χ0n) is 7.88. The number of nitriles is 1. The van der Waals surface area contributed by atoms with Crippen molar-refractivity contribution in [2.24, 2.45) is 0 Å². The highest BCUT2D eigenvalue weighted by Crippen LogP contribution is 2.39. The first kappa shape index (κ1) is 12.7.